The average molecular weight is 201 g/mol. The number of hydrogen-bond donors (Lipinski definition) is 2. The van der Waals surface area contributed by atoms with Crippen molar-refractivity contribution in [2.24, 2.45) is 5.92 Å². The van der Waals surface area contributed by atoms with E-state index in [9.17, 15) is 0 Å². The van der Waals surface area contributed by atoms with Crippen LogP contribution in [0.1, 0.15) is 46.0 Å². The molecule has 0 spiro atoms. The van der Waals surface area contributed by atoms with Crippen LogP contribution in [0.15, 0.2) is 0 Å². The van der Waals surface area contributed by atoms with E-state index in [0.29, 0.717) is 0 Å². The molecule has 1 rings (SSSR count). The fourth-order valence-electron chi connectivity index (χ4n) is 1.91. The Morgan fingerprint density at radius 3 is 2.46 bits per heavy atom. The molecule has 0 heterocycles. The van der Waals surface area contributed by atoms with E-state index in [0.717, 1.165) is 18.9 Å². The van der Waals surface area contributed by atoms with Crippen LogP contribution in [-0.4, -0.2) is 17.8 Å². The van der Waals surface area contributed by atoms with E-state index in [2.05, 4.69) is 31.8 Å². The van der Waals surface area contributed by atoms with Crippen LogP contribution in [-0.2, 0) is 0 Å². The van der Waals surface area contributed by atoms with Gasteiger partial charge in [-0.25, -0.2) is 0 Å². The summed E-state index contributed by atoms with van der Waals surface area (Å²) in [7, 11) is 0. The first kappa shape index (κ1) is 11.4. The van der Waals surface area contributed by atoms with Gasteiger partial charge in [-0.15, -0.1) is 0 Å². The zero-order valence-electron chi connectivity index (χ0n) is 8.97. The van der Waals surface area contributed by atoms with E-state index in [1.807, 2.05) is 0 Å². The Kier molecular flexibility index (Phi) is 4.60. The highest BCUT2D eigenvalue weighted by molar-refractivity contribution is 7.81. The third-order valence-electron chi connectivity index (χ3n) is 2.82. The lowest BCUT2D eigenvalue weighted by molar-refractivity contribution is 0.473. The predicted octanol–water partition coefficient (Wildman–Crippen LogP) is 2.86. The van der Waals surface area contributed by atoms with Crippen LogP contribution in [0.2, 0.25) is 0 Å². The van der Waals surface area contributed by atoms with Crippen molar-refractivity contribution < 1.29 is 0 Å². The zero-order chi connectivity index (χ0) is 9.73. The van der Waals surface area contributed by atoms with Gasteiger partial charge in [-0.3, -0.25) is 0 Å². The molecule has 1 N–H and O–H groups in total. The quantitative estimate of drug-likeness (QED) is 0.515. The van der Waals surface area contributed by atoms with Gasteiger partial charge in [0.15, 0.2) is 0 Å². The lowest BCUT2D eigenvalue weighted by atomic mass is 10.1. The highest BCUT2D eigenvalue weighted by atomic mass is 32.1. The van der Waals surface area contributed by atoms with Crippen LogP contribution in [0.3, 0.4) is 0 Å². The zero-order valence-corrected chi connectivity index (χ0v) is 9.87. The van der Waals surface area contributed by atoms with Crippen LogP contribution < -0.4 is 5.32 Å². The van der Waals surface area contributed by atoms with E-state index in [-0.39, 0.29) is 4.75 Å². The number of thiol groups is 1. The first-order valence-electron chi connectivity index (χ1n) is 5.51. The van der Waals surface area contributed by atoms with Crippen LogP contribution in [0.4, 0.5) is 0 Å². The fraction of sp³-hybridized carbons (Fsp3) is 1.00. The Bertz CT molecular complexity index is 134. The Morgan fingerprint density at radius 2 is 1.92 bits per heavy atom. The maximum atomic E-state index is 4.50. The van der Waals surface area contributed by atoms with E-state index >= 15 is 0 Å². The SMILES string of the molecule is CC(C)(S)CCNCC1CCCC1. The maximum Gasteiger partial charge on any atom is 0.00852 e. The molecule has 0 unspecified atom stereocenters. The maximum absolute atomic E-state index is 4.50. The van der Waals surface area contributed by atoms with Crippen molar-refractivity contribution in [3.63, 3.8) is 0 Å². The monoisotopic (exact) mass is 201 g/mol. The second-order valence-electron chi connectivity index (χ2n) is 4.92. The van der Waals surface area contributed by atoms with Crippen molar-refractivity contribution >= 4 is 12.6 Å². The standard InChI is InChI=1S/C11H23NS/c1-11(2,13)7-8-12-9-10-5-3-4-6-10/h10,12-13H,3-9H2,1-2H3. The van der Waals surface area contributed by atoms with E-state index < -0.39 is 0 Å². The summed E-state index contributed by atoms with van der Waals surface area (Å²) >= 11 is 4.50. The van der Waals surface area contributed by atoms with E-state index in [1.165, 1.54) is 32.2 Å². The molecule has 0 aliphatic heterocycles. The number of rotatable bonds is 5. The molecule has 1 nitrogen and oxygen atoms in total. The topological polar surface area (TPSA) is 12.0 Å². The van der Waals surface area contributed by atoms with Gasteiger partial charge in [0.25, 0.3) is 0 Å². The van der Waals surface area contributed by atoms with Gasteiger partial charge in [0.05, 0.1) is 0 Å². The summed E-state index contributed by atoms with van der Waals surface area (Å²) < 4.78 is 0.183. The van der Waals surface area contributed by atoms with Gasteiger partial charge >= 0.3 is 0 Å². The molecule has 13 heavy (non-hydrogen) atoms. The minimum Gasteiger partial charge on any atom is -0.316 e. The van der Waals surface area contributed by atoms with Gasteiger partial charge in [-0.1, -0.05) is 26.7 Å². The third-order valence-corrected chi connectivity index (χ3v) is 3.04. The molecule has 1 aliphatic rings. The highest BCUT2D eigenvalue weighted by Crippen LogP contribution is 2.23. The van der Waals surface area contributed by atoms with Crippen LogP contribution >= 0.6 is 12.6 Å². The van der Waals surface area contributed by atoms with Crippen LogP contribution in [0, 0.1) is 5.92 Å². The molecule has 0 amide bonds. The summed E-state index contributed by atoms with van der Waals surface area (Å²) in [5.74, 6) is 0.961. The van der Waals surface area contributed by atoms with Crippen molar-refractivity contribution in [1.29, 1.82) is 0 Å². The number of nitrogens with one attached hydrogen (secondary N) is 1. The van der Waals surface area contributed by atoms with Gasteiger partial charge < -0.3 is 5.32 Å². The van der Waals surface area contributed by atoms with Gasteiger partial charge in [0.2, 0.25) is 0 Å². The summed E-state index contributed by atoms with van der Waals surface area (Å²) in [5.41, 5.74) is 0. The largest absolute Gasteiger partial charge is 0.316 e. The summed E-state index contributed by atoms with van der Waals surface area (Å²) in [5, 5.41) is 3.53. The molecule has 0 bridgehead atoms. The molecule has 0 aromatic heterocycles. The Balaban J connectivity index is 1.94. The first-order valence-corrected chi connectivity index (χ1v) is 5.96. The second kappa shape index (κ2) is 5.26. The second-order valence-corrected chi connectivity index (χ2v) is 6.13. The third kappa shape index (κ3) is 5.58. The minimum absolute atomic E-state index is 0.183. The molecule has 78 valence electrons. The Labute approximate surface area is 88.1 Å². The molecule has 0 saturated heterocycles. The summed E-state index contributed by atoms with van der Waals surface area (Å²) in [6.07, 6.45) is 6.94. The summed E-state index contributed by atoms with van der Waals surface area (Å²) in [6.45, 7) is 6.69. The highest BCUT2D eigenvalue weighted by Gasteiger charge is 2.15. The Morgan fingerprint density at radius 1 is 1.31 bits per heavy atom. The van der Waals surface area contributed by atoms with Gasteiger partial charge in [0.1, 0.15) is 0 Å². The molecule has 0 radical (unpaired) electrons. The molecule has 0 atom stereocenters. The van der Waals surface area contributed by atoms with Crippen molar-refractivity contribution in [2.75, 3.05) is 13.1 Å². The molecule has 1 saturated carbocycles. The molecular formula is C11H23NS. The van der Waals surface area contributed by atoms with Gasteiger partial charge in [0, 0.05) is 4.75 Å². The summed E-state index contributed by atoms with van der Waals surface area (Å²) in [6, 6.07) is 0. The van der Waals surface area contributed by atoms with Crippen molar-refractivity contribution in [3.8, 4) is 0 Å². The first-order chi connectivity index (χ1) is 6.08. The molecule has 2 heteroatoms. The Hall–Kier alpha value is 0.310. The molecule has 1 aliphatic carbocycles. The normalized spacial score (nSPS) is 19.6. The minimum atomic E-state index is 0.183. The average Bonchev–Trinajstić information content (AvgIpc) is 2.48. The van der Waals surface area contributed by atoms with Crippen molar-refractivity contribution in [2.45, 2.75) is 50.7 Å². The fourth-order valence-corrected chi connectivity index (χ4v) is 2.03. The lowest BCUT2D eigenvalue weighted by Gasteiger charge is -2.18. The molecule has 0 aromatic carbocycles. The van der Waals surface area contributed by atoms with E-state index in [4.69, 9.17) is 0 Å². The number of hydrogen-bond acceptors (Lipinski definition) is 2. The van der Waals surface area contributed by atoms with Gasteiger partial charge in [-0.2, -0.15) is 12.6 Å². The van der Waals surface area contributed by atoms with Gasteiger partial charge in [-0.05, 0) is 38.3 Å². The molecule has 1 fully saturated rings. The van der Waals surface area contributed by atoms with Crippen LogP contribution in [0.25, 0.3) is 0 Å². The smallest absolute Gasteiger partial charge is 0.00852 e. The summed E-state index contributed by atoms with van der Waals surface area (Å²) in [4.78, 5) is 0. The van der Waals surface area contributed by atoms with Crippen molar-refractivity contribution in [3.05, 3.63) is 0 Å². The van der Waals surface area contributed by atoms with E-state index in [1.54, 1.807) is 0 Å². The predicted molar refractivity (Wildman–Crippen MR) is 62.5 cm³/mol. The molecule has 0 aromatic rings. The van der Waals surface area contributed by atoms with Crippen LogP contribution in [0.5, 0.6) is 0 Å². The van der Waals surface area contributed by atoms with Crippen molar-refractivity contribution in [1.82, 2.24) is 5.32 Å². The lowest BCUT2D eigenvalue weighted by Crippen LogP contribution is -2.26. The molecular weight excluding hydrogens is 178 g/mol.